The van der Waals surface area contributed by atoms with Gasteiger partial charge in [0.1, 0.15) is 5.69 Å². The Morgan fingerprint density at radius 2 is 1.86 bits per heavy atom. The summed E-state index contributed by atoms with van der Waals surface area (Å²) in [6.45, 7) is 2.56. The molecule has 1 fully saturated rings. The fraction of sp³-hybridized carbons (Fsp3) is 0.263. The summed E-state index contributed by atoms with van der Waals surface area (Å²) in [5.41, 5.74) is 4.17. The third-order valence-electron chi connectivity index (χ3n) is 4.64. The molecule has 2 aromatic carbocycles. The van der Waals surface area contributed by atoms with E-state index < -0.39 is 14.9 Å². The minimum absolute atomic E-state index is 0.0865. The lowest BCUT2D eigenvalue weighted by Crippen LogP contribution is -2.27. The van der Waals surface area contributed by atoms with Gasteiger partial charge in [-0.25, -0.2) is 8.42 Å². The van der Waals surface area contributed by atoms with Crippen molar-refractivity contribution in [1.29, 1.82) is 5.26 Å². The molecule has 1 aliphatic heterocycles. The van der Waals surface area contributed by atoms with Crippen LogP contribution in [-0.2, 0) is 10.0 Å². The maximum atomic E-state index is 12.7. The van der Waals surface area contributed by atoms with Gasteiger partial charge in [-0.15, -0.1) is 0 Å². The Labute approximate surface area is 168 Å². The summed E-state index contributed by atoms with van der Waals surface area (Å²) in [6, 6.07) is 12.5. The number of anilines is 1. The average molecular weight is 413 g/mol. The number of nitriles is 1. The molecule has 3 rings (SSSR count). The smallest absolute Gasteiger partial charge is 0.271 e. The second-order valence-electron chi connectivity index (χ2n) is 6.55. The molecule has 0 aromatic heterocycles. The topological polar surface area (TPSA) is 129 Å². The van der Waals surface area contributed by atoms with Crippen LogP contribution in [0.5, 0.6) is 0 Å². The number of benzene rings is 2. The summed E-state index contributed by atoms with van der Waals surface area (Å²) in [4.78, 5) is 10.7. The molecule has 150 valence electrons. The number of hydrogen-bond donors (Lipinski definition) is 1. The fourth-order valence-corrected chi connectivity index (χ4v) is 4.53. The van der Waals surface area contributed by atoms with E-state index in [1.54, 1.807) is 31.2 Å². The van der Waals surface area contributed by atoms with E-state index in [9.17, 15) is 18.5 Å². The molecule has 0 atom stereocenters. The minimum atomic E-state index is -3.75. The summed E-state index contributed by atoms with van der Waals surface area (Å²) in [6.07, 6.45) is 1.56. The van der Waals surface area contributed by atoms with E-state index in [1.165, 1.54) is 16.4 Å². The second-order valence-corrected chi connectivity index (χ2v) is 8.48. The Morgan fingerprint density at radius 1 is 1.21 bits per heavy atom. The molecule has 9 nitrogen and oxygen atoms in total. The molecule has 29 heavy (non-hydrogen) atoms. The fourth-order valence-electron chi connectivity index (χ4n) is 2.99. The summed E-state index contributed by atoms with van der Waals surface area (Å²) in [7, 11) is -3.75. The molecule has 1 aliphatic rings. The van der Waals surface area contributed by atoms with Crippen molar-refractivity contribution >= 4 is 27.1 Å². The summed E-state index contributed by atoms with van der Waals surface area (Å²) in [5.74, 6) is 0. The molecule has 1 heterocycles. The Hall–Kier alpha value is -3.29. The van der Waals surface area contributed by atoms with Crippen molar-refractivity contribution in [3.05, 3.63) is 63.7 Å². The van der Waals surface area contributed by atoms with E-state index in [2.05, 4.69) is 10.5 Å². The Kier molecular flexibility index (Phi) is 5.91. The molecule has 0 spiro atoms. The predicted molar refractivity (Wildman–Crippen MR) is 108 cm³/mol. The quantitative estimate of drug-likeness (QED) is 0.440. The maximum absolute atomic E-state index is 12.7. The van der Waals surface area contributed by atoms with E-state index in [4.69, 9.17) is 5.26 Å². The van der Waals surface area contributed by atoms with Gasteiger partial charge in [-0.05, 0) is 49.6 Å². The Balaban J connectivity index is 1.87. The van der Waals surface area contributed by atoms with Gasteiger partial charge in [-0.3, -0.25) is 15.5 Å². The second kappa shape index (κ2) is 8.38. The number of sulfonamides is 1. The van der Waals surface area contributed by atoms with Gasteiger partial charge in [0.15, 0.2) is 0 Å². The molecule has 1 N–H and O–H groups in total. The zero-order valence-corrected chi connectivity index (χ0v) is 16.5. The Bertz CT molecular complexity index is 1100. The third-order valence-corrected chi connectivity index (χ3v) is 6.54. The molecule has 0 saturated carbocycles. The minimum Gasteiger partial charge on any atom is -0.271 e. The molecule has 0 radical (unpaired) electrons. The average Bonchev–Trinajstić information content (AvgIpc) is 3.27. The monoisotopic (exact) mass is 413 g/mol. The number of nitro groups is 1. The first-order chi connectivity index (χ1) is 13.8. The lowest BCUT2D eigenvalue weighted by atomic mass is 10.1. The van der Waals surface area contributed by atoms with Crippen LogP contribution in [-0.4, -0.2) is 36.4 Å². The van der Waals surface area contributed by atoms with Crippen LogP contribution in [0.15, 0.2) is 52.5 Å². The van der Waals surface area contributed by atoms with Gasteiger partial charge in [0.2, 0.25) is 10.0 Å². The van der Waals surface area contributed by atoms with E-state index in [-0.39, 0.29) is 16.3 Å². The summed E-state index contributed by atoms with van der Waals surface area (Å²) >= 11 is 0. The molecular formula is C19H19N5O4S. The van der Waals surface area contributed by atoms with Crippen molar-refractivity contribution in [1.82, 2.24) is 4.31 Å². The van der Waals surface area contributed by atoms with Gasteiger partial charge in [0, 0.05) is 19.2 Å². The Morgan fingerprint density at radius 3 is 2.45 bits per heavy atom. The molecule has 0 unspecified atom stereocenters. The molecule has 1 saturated heterocycles. The van der Waals surface area contributed by atoms with Crippen LogP contribution in [0, 0.1) is 21.4 Å². The highest BCUT2D eigenvalue weighted by molar-refractivity contribution is 7.89. The van der Waals surface area contributed by atoms with Crippen molar-refractivity contribution in [2.75, 3.05) is 18.5 Å². The number of rotatable bonds is 6. The van der Waals surface area contributed by atoms with Gasteiger partial charge in [-0.1, -0.05) is 12.1 Å². The van der Waals surface area contributed by atoms with Crippen molar-refractivity contribution in [3.8, 4) is 6.07 Å². The number of nitrogens with one attached hydrogen (secondary N) is 1. The lowest BCUT2D eigenvalue weighted by molar-refractivity contribution is -0.384. The first-order valence-electron chi connectivity index (χ1n) is 8.92. The van der Waals surface area contributed by atoms with Crippen LogP contribution in [0.2, 0.25) is 0 Å². The van der Waals surface area contributed by atoms with E-state index >= 15 is 0 Å². The lowest BCUT2D eigenvalue weighted by Gasteiger charge is -2.15. The zero-order valence-electron chi connectivity index (χ0n) is 15.7. The largest absolute Gasteiger partial charge is 0.295 e. The van der Waals surface area contributed by atoms with Crippen molar-refractivity contribution in [3.63, 3.8) is 0 Å². The van der Waals surface area contributed by atoms with Crippen LogP contribution >= 0.6 is 0 Å². The van der Waals surface area contributed by atoms with Crippen LogP contribution in [0.4, 0.5) is 11.4 Å². The highest BCUT2D eigenvalue weighted by atomic mass is 32.2. The van der Waals surface area contributed by atoms with E-state index in [1.807, 2.05) is 6.07 Å². The zero-order chi connectivity index (χ0) is 21.0. The highest BCUT2D eigenvalue weighted by Crippen LogP contribution is 2.30. The van der Waals surface area contributed by atoms with Gasteiger partial charge in [-0.2, -0.15) is 14.7 Å². The molecule has 0 aliphatic carbocycles. The van der Waals surface area contributed by atoms with Gasteiger partial charge >= 0.3 is 0 Å². The molecule has 2 aromatic rings. The standard InChI is InChI=1S/C19H19N5O4S/c1-14(16-6-4-15(13-20)5-7-16)21-22-18-9-8-17(12-19(18)24(25)26)29(27,28)23-10-2-3-11-23/h4-9,12,22H,2-3,10-11H2,1H3/b21-14+. The first-order valence-corrected chi connectivity index (χ1v) is 10.4. The third kappa shape index (κ3) is 4.42. The normalized spacial score (nSPS) is 15.1. The van der Waals surface area contributed by atoms with Gasteiger partial charge in [0.05, 0.1) is 27.2 Å². The summed E-state index contributed by atoms with van der Waals surface area (Å²) in [5, 5.41) is 24.5. The molecular weight excluding hydrogens is 394 g/mol. The van der Waals surface area contributed by atoms with Crippen LogP contribution in [0.3, 0.4) is 0 Å². The number of hydrogen-bond acceptors (Lipinski definition) is 7. The molecule has 0 bridgehead atoms. The number of nitro benzene ring substituents is 1. The van der Waals surface area contributed by atoms with Crippen LogP contribution < -0.4 is 5.43 Å². The summed E-state index contributed by atoms with van der Waals surface area (Å²) < 4.78 is 26.7. The van der Waals surface area contributed by atoms with Crippen molar-refractivity contribution < 1.29 is 13.3 Å². The van der Waals surface area contributed by atoms with Crippen molar-refractivity contribution in [2.45, 2.75) is 24.7 Å². The number of nitrogens with zero attached hydrogens (tertiary/aromatic N) is 4. The van der Waals surface area contributed by atoms with Gasteiger partial charge < -0.3 is 0 Å². The number of hydrazone groups is 1. The predicted octanol–water partition coefficient (Wildman–Crippen LogP) is 3.09. The molecule has 10 heteroatoms. The van der Waals surface area contributed by atoms with Gasteiger partial charge in [0.25, 0.3) is 5.69 Å². The first kappa shape index (κ1) is 20.4. The molecule has 0 amide bonds. The van der Waals surface area contributed by atoms with E-state index in [0.29, 0.717) is 24.4 Å². The van der Waals surface area contributed by atoms with Crippen molar-refractivity contribution in [2.24, 2.45) is 5.10 Å². The maximum Gasteiger partial charge on any atom is 0.295 e. The van der Waals surface area contributed by atoms with Crippen LogP contribution in [0.25, 0.3) is 0 Å². The van der Waals surface area contributed by atoms with Crippen LogP contribution in [0.1, 0.15) is 30.9 Å². The SMILES string of the molecule is C/C(=N\Nc1ccc(S(=O)(=O)N2CCCC2)cc1[N+](=O)[O-])c1ccc(C#N)cc1. The van der Waals surface area contributed by atoms with E-state index in [0.717, 1.165) is 24.5 Å². The highest BCUT2D eigenvalue weighted by Gasteiger charge is 2.29.